The van der Waals surface area contributed by atoms with Gasteiger partial charge in [-0.05, 0) is 183 Å². The zero-order valence-electron chi connectivity index (χ0n) is 48.6. The summed E-state index contributed by atoms with van der Waals surface area (Å²) in [5.74, 6) is 0. The summed E-state index contributed by atoms with van der Waals surface area (Å²) in [6.07, 6.45) is 0. The van der Waals surface area contributed by atoms with Gasteiger partial charge in [0.1, 0.15) is 0 Å². The van der Waals surface area contributed by atoms with E-state index in [1.165, 1.54) is 182 Å². The van der Waals surface area contributed by atoms with Crippen LogP contribution < -0.4 is 0 Å². The topological polar surface area (TPSA) is 9.86 Å². The minimum atomic E-state index is 1.13. The molecule has 4 heterocycles. The molecule has 0 saturated carbocycles. The second-order valence-electron chi connectivity index (χ2n) is 24.2. The summed E-state index contributed by atoms with van der Waals surface area (Å²) < 4.78 is 10.2. The quantitative estimate of drug-likeness (QED) is 0.116. The van der Waals surface area contributed by atoms with Crippen molar-refractivity contribution in [2.75, 3.05) is 0 Å². The van der Waals surface area contributed by atoms with Gasteiger partial charge in [-0.2, -0.15) is 0 Å². The first kappa shape index (κ1) is 49.9. The normalized spacial score (nSPS) is 12.2. The Morgan fingerprint density at radius 3 is 1.12 bits per heavy atom. The molecule has 0 atom stereocenters. The fourth-order valence-corrected chi connectivity index (χ4v) is 17.8. The maximum atomic E-state index is 2.57. The van der Waals surface area contributed by atoms with Crippen molar-refractivity contribution >= 4 is 160 Å². The Morgan fingerprint density at radius 1 is 0.189 bits per heavy atom. The van der Waals surface area contributed by atoms with Gasteiger partial charge in [-0.3, -0.25) is 0 Å². The van der Waals surface area contributed by atoms with Crippen LogP contribution in [0.15, 0.2) is 303 Å². The molecule has 4 heteroatoms. The number of nitrogens with zero attached hydrogens (tertiary/aromatic N) is 2. The third kappa shape index (κ3) is 7.20. The summed E-state index contributed by atoms with van der Waals surface area (Å²) >= 11 is 3.76. The van der Waals surface area contributed by atoms with Crippen molar-refractivity contribution in [1.82, 2.24) is 9.13 Å². The van der Waals surface area contributed by atoms with E-state index in [9.17, 15) is 0 Å². The number of hydrogen-bond donors (Lipinski definition) is 0. The van der Waals surface area contributed by atoms with Crippen molar-refractivity contribution in [1.29, 1.82) is 0 Å². The molecule has 0 aliphatic heterocycles. The number of benzene rings is 16. The molecule has 20 aromatic rings. The lowest BCUT2D eigenvalue weighted by molar-refractivity contribution is 1.18. The van der Waals surface area contributed by atoms with Gasteiger partial charge in [0.05, 0.1) is 22.1 Å². The average Bonchev–Trinajstić information content (AvgIpc) is 0.929. The Kier molecular flexibility index (Phi) is 10.6. The molecule has 0 saturated heterocycles. The minimum Gasteiger partial charge on any atom is -0.309 e. The van der Waals surface area contributed by atoms with E-state index in [1.54, 1.807) is 0 Å². The summed E-state index contributed by atoms with van der Waals surface area (Å²) in [5, 5.41) is 22.6. The molecule has 90 heavy (non-hydrogen) atoms. The molecule has 0 spiro atoms. The Hall–Kier alpha value is -11.1. The third-order valence-electron chi connectivity index (χ3n) is 19.5. The van der Waals surface area contributed by atoms with Crippen LogP contribution in [0.25, 0.3) is 194 Å². The van der Waals surface area contributed by atoms with Gasteiger partial charge >= 0.3 is 0 Å². The highest BCUT2D eigenvalue weighted by atomic mass is 32.1. The van der Waals surface area contributed by atoms with Gasteiger partial charge in [-0.15, -0.1) is 22.7 Å². The van der Waals surface area contributed by atoms with Gasteiger partial charge in [-0.25, -0.2) is 0 Å². The van der Waals surface area contributed by atoms with Crippen LogP contribution in [0.1, 0.15) is 0 Å². The number of aromatic nitrogens is 2. The first-order chi connectivity index (χ1) is 44.6. The van der Waals surface area contributed by atoms with Crippen molar-refractivity contribution in [2.24, 2.45) is 0 Å². The Balaban J connectivity index is 0.857. The van der Waals surface area contributed by atoms with E-state index < -0.39 is 0 Å². The smallest absolute Gasteiger partial charge is 0.0555 e. The average molecular weight is 1180 g/mol. The van der Waals surface area contributed by atoms with Crippen LogP contribution in [-0.4, -0.2) is 9.13 Å². The molecule has 0 aliphatic rings. The molecule has 16 aromatic carbocycles. The van der Waals surface area contributed by atoms with E-state index >= 15 is 0 Å². The largest absolute Gasteiger partial charge is 0.309 e. The van der Waals surface area contributed by atoms with Crippen LogP contribution in [0.2, 0.25) is 0 Å². The number of para-hydroxylation sites is 2. The van der Waals surface area contributed by atoms with Crippen molar-refractivity contribution in [3.05, 3.63) is 303 Å². The van der Waals surface area contributed by atoms with Crippen LogP contribution in [0.3, 0.4) is 0 Å². The van der Waals surface area contributed by atoms with Gasteiger partial charge in [0.25, 0.3) is 0 Å². The van der Waals surface area contributed by atoms with Crippen LogP contribution in [0, 0.1) is 0 Å². The van der Waals surface area contributed by atoms with E-state index in [2.05, 4.69) is 312 Å². The molecule has 0 radical (unpaired) electrons. The highest BCUT2D eigenvalue weighted by molar-refractivity contribution is 7.26. The Labute approximate surface area is 525 Å². The summed E-state index contributed by atoms with van der Waals surface area (Å²) in [4.78, 5) is 0. The van der Waals surface area contributed by atoms with Gasteiger partial charge < -0.3 is 9.13 Å². The maximum absolute atomic E-state index is 2.57. The van der Waals surface area contributed by atoms with Gasteiger partial charge in [0.15, 0.2) is 0 Å². The van der Waals surface area contributed by atoms with E-state index in [0.717, 1.165) is 11.4 Å². The van der Waals surface area contributed by atoms with E-state index in [0.29, 0.717) is 0 Å². The zero-order valence-corrected chi connectivity index (χ0v) is 50.2. The van der Waals surface area contributed by atoms with Crippen LogP contribution in [-0.2, 0) is 0 Å². The number of thiophene rings is 2. The fraction of sp³-hybridized carbons (Fsp3) is 0. The van der Waals surface area contributed by atoms with Crippen molar-refractivity contribution in [3.63, 3.8) is 0 Å². The molecule has 4 aromatic heterocycles. The number of rotatable bonds is 6. The van der Waals surface area contributed by atoms with Crippen molar-refractivity contribution in [2.45, 2.75) is 0 Å². The fourth-order valence-electron chi connectivity index (χ4n) is 15.6. The Morgan fingerprint density at radius 2 is 0.578 bits per heavy atom. The molecule has 0 unspecified atom stereocenters. The summed E-state index contributed by atoms with van der Waals surface area (Å²) in [6, 6.07) is 114. The lowest BCUT2D eigenvalue weighted by atomic mass is 9.80. The van der Waals surface area contributed by atoms with Crippen LogP contribution in [0.5, 0.6) is 0 Å². The minimum absolute atomic E-state index is 1.13. The van der Waals surface area contributed by atoms with Crippen molar-refractivity contribution in [3.8, 4) is 55.9 Å². The number of hydrogen-bond acceptors (Lipinski definition) is 2. The first-order valence-corrected chi connectivity index (χ1v) is 32.6. The lowest BCUT2D eigenvalue weighted by Gasteiger charge is -2.23. The van der Waals surface area contributed by atoms with Gasteiger partial charge in [0.2, 0.25) is 0 Å². The van der Waals surface area contributed by atoms with Crippen LogP contribution >= 0.6 is 22.7 Å². The molecule has 416 valence electrons. The highest BCUT2D eigenvalue weighted by Crippen LogP contribution is 2.52. The summed E-state index contributed by atoms with van der Waals surface area (Å²) in [5.41, 5.74) is 16.8. The van der Waals surface area contributed by atoms with Gasteiger partial charge in [-0.1, -0.05) is 218 Å². The predicted octanol–water partition coefficient (Wildman–Crippen LogP) is 25.1. The second kappa shape index (κ2) is 19.2. The molecule has 0 bridgehead atoms. The molecule has 0 N–H and O–H groups in total. The molecule has 0 aliphatic carbocycles. The van der Waals surface area contributed by atoms with Gasteiger partial charge in [0, 0.05) is 73.3 Å². The van der Waals surface area contributed by atoms with E-state index in [-0.39, 0.29) is 0 Å². The predicted molar refractivity (Wildman–Crippen MR) is 390 cm³/mol. The maximum Gasteiger partial charge on any atom is 0.0555 e. The zero-order chi connectivity index (χ0) is 58.7. The Bertz CT molecular complexity index is 6430. The summed E-state index contributed by atoms with van der Waals surface area (Å²) in [7, 11) is 0. The van der Waals surface area contributed by atoms with Crippen molar-refractivity contribution < 1.29 is 0 Å². The third-order valence-corrected chi connectivity index (χ3v) is 21.7. The highest BCUT2D eigenvalue weighted by Gasteiger charge is 2.25. The first-order valence-electron chi connectivity index (χ1n) is 31.0. The molecule has 20 rings (SSSR count). The van der Waals surface area contributed by atoms with E-state index in [1.807, 2.05) is 22.7 Å². The SMILES string of the molecule is c1ccc(-c2c(-c3cccc4ccccc34)c3ccccc3c3cc4c(-c5ccc(-n6c7ccccc7c7cc8c(cc76)sc6ccccc68)cc5)c5ccccc5c(-c5ccc(-n6c7ccccc7c7cc8c(cc76)sc6ccccc68)cc5)c4cc23)cc1. The lowest BCUT2D eigenvalue weighted by Crippen LogP contribution is -1.97. The van der Waals surface area contributed by atoms with Crippen LogP contribution in [0.4, 0.5) is 0 Å². The second-order valence-corrected chi connectivity index (χ2v) is 26.3. The molecule has 0 fully saturated rings. The molecule has 0 amide bonds. The monoisotopic (exact) mass is 1170 g/mol. The summed E-state index contributed by atoms with van der Waals surface area (Å²) in [6.45, 7) is 0. The standard InChI is InChI=1S/C86H50N2S2/c1-2-20-52(21-3-1)85-72-48-74-73(45-67(72)58-24-6-7-29-64(58)86(85)63-32-18-22-51-19-4-5-23-57(51)63)83(53-37-41-55(42-38-53)87-75-33-14-10-25-59(75)68-46-70-61-27-12-16-35-79(61)89-81(70)49-77(68)87)65-30-8-9-31-66(65)84(74)54-39-43-56(44-40-54)88-76-34-15-11-26-60(76)69-47-71-62-28-13-17-36-80(62)90-82(71)50-78(69)88/h1-50H. The molecule has 2 nitrogen and oxygen atoms in total. The molecular weight excluding hydrogens is 1130 g/mol. The number of fused-ring (bicyclic) bond motifs is 18. The van der Waals surface area contributed by atoms with E-state index in [4.69, 9.17) is 0 Å². The molecular formula is C86H50N2S2.